The highest BCUT2D eigenvalue weighted by Gasteiger charge is 2.50. The van der Waals surface area contributed by atoms with Crippen molar-refractivity contribution in [3.05, 3.63) is 0 Å². The molecule has 0 aliphatic carbocycles. The van der Waals surface area contributed by atoms with E-state index in [1.165, 1.54) is 0 Å². The average Bonchev–Trinajstić information content (AvgIpc) is 2.77. The molecule has 104 valence electrons. The van der Waals surface area contributed by atoms with Crippen molar-refractivity contribution in [2.24, 2.45) is 0 Å². The third kappa shape index (κ3) is 2.43. The maximum Gasteiger partial charge on any atom is 0.326 e. The average molecular weight is 271 g/mol. The van der Waals surface area contributed by atoms with Gasteiger partial charge in [0, 0.05) is 6.42 Å². The quantitative estimate of drug-likeness (QED) is 0.629. The summed E-state index contributed by atoms with van der Waals surface area (Å²) in [5.41, 5.74) is 0. The highest BCUT2D eigenvalue weighted by atomic mass is 16.5. The van der Waals surface area contributed by atoms with Gasteiger partial charge in [-0.2, -0.15) is 0 Å². The molecule has 8 nitrogen and oxygen atoms in total. The molecule has 8 heteroatoms. The predicted octanol–water partition coefficient (Wildman–Crippen LogP) is -0.779. The van der Waals surface area contributed by atoms with Crippen LogP contribution in [0.3, 0.4) is 0 Å². The van der Waals surface area contributed by atoms with E-state index in [1.54, 1.807) is 0 Å². The van der Waals surface area contributed by atoms with Crippen molar-refractivity contribution < 1.29 is 34.1 Å². The van der Waals surface area contributed by atoms with Gasteiger partial charge in [-0.1, -0.05) is 0 Å². The molecule has 0 aromatic rings. The van der Waals surface area contributed by atoms with E-state index in [0.717, 1.165) is 0 Å². The molecule has 2 aliphatic rings. The van der Waals surface area contributed by atoms with Gasteiger partial charge in [0.2, 0.25) is 0 Å². The normalized spacial score (nSPS) is 27.5. The Hall–Kier alpha value is -1.96. The second-order valence-corrected chi connectivity index (χ2v) is 4.52. The summed E-state index contributed by atoms with van der Waals surface area (Å²) in [6, 6.07) is -1.44. The Morgan fingerprint density at radius 3 is 2.16 bits per heavy atom. The van der Waals surface area contributed by atoms with E-state index in [-0.39, 0.29) is 6.42 Å². The van der Waals surface area contributed by atoms with Crippen molar-refractivity contribution in [3.8, 4) is 0 Å². The maximum absolute atomic E-state index is 12.0. The third-order valence-corrected chi connectivity index (χ3v) is 3.27. The number of morpholine rings is 1. The Kier molecular flexibility index (Phi) is 3.52. The zero-order valence-corrected chi connectivity index (χ0v) is 9.94. The summed E-state index contributed by atoms with van der Waals surface area (Å²) in [4.78, 5) is 46.2. The number of rotatable bonds is 5. The van der Waals surface area contributed by atoms with Gasteiger partial charge in [-0.3, -0.25) is 19.3 Å². The van der Waals surface area contributed by atoms with E-state index >= 15 is 0 Å². The standard InChI is InChI=1S/C11H13NO7/c13-8(14)4-1-5(11(17)18)12-9(15)6-2-3-7(19-6)10(12)16/h5-7H,1-4H2,(H,13,14)(H,17,18). The van der Waals surface area contributed by atoms with Gasteiger partial charge in [0.15, 0.2) is 0 Å². The first-order valence-electron chi connectivity index (χ1n) is 5.88. The number of nitrogens with zero attached hydrogens (tertiary/aromatic N) is 1. The minimum Gasteiger partial charge on any atom is -0.481 e. The first kappa shape index (κ1) is 13.5. The van der Waals surface area contributed by atoms with E-state index in [9.17, 15) is 19.2 Å². The summed E-state index contributed by atoms with van der Waals surface area (Å²) in [5, 5.41) is 17.7. The number of carboxylic acid groups (broad SMARTS) is 2. The van der Waals surface area contributed by atoms with Crippen LogP contribution in [0.25, 0.3) is 0 Å². The van der Waals surface area contributed by atoms with Gasteiger partial charge in [0.25, 0.3) is 11.8 Å². The minimum atomic E-state index is -1.44. The van der Waals surface area contributed by atoms with Crippen molar-refractivity contribution in [2.45, 2.75) is 43.9 Å². The van der Waals surface area contributed by atoms with Crippen LogP contribution < -0.4 is 0 Å². The fourth-order valence-corrected chi connectivity index (χ4v) is 2.35. The molecule has 2 N–H and O–H groups in total. The number of amides is 2. The van der Waals surface area contributed by atoms with Crippen molar-refractivity contribution in [1.82, 2.24) is 4.90 Å². The minimum absolute atomic E-state index is 0.304. The molecule has 2 heterocycles. The van der Waals surface area contributed by atoms with Crippen LogP contribution in [0.4, 0.5) is 0 Å². The first-order chi connectivity index (χ1) is 8.91. The van der Waals surface area contributed by atoms with Crippen molar-refractivity contribution in [2.75, 3.05) is 0 Å². The molecule has 2 bridgehead atoms. The molecular weight excluding hydrogens is 258 g/mol. The lowest BCUT2D eigenvalue weighted by Crippen LogP contribution is -2.58. The number of carboxylic acids is 2. The van der Waals surface area contributed by atoms with Crippen molar-refractivity contribution >= 4 is 23.8 Å². The predicted molar refractivity (Wildman–Crippen MR) is 58.0 cm³/mol. The van der Waals surface area contributed by atoms with E-state index in [0.29, 0.717) is 17.7 Å². The molecule has 2 aliphatic heterocycles. The van der Waals surface area contributed by atoms with Crippen LogP contribution in [0.5, 0.6) is 0 Å². The molecule has 19 heavy (non-hydrogen) atoms. The maximum atomic E-state index is 12.0. The monoisotopic (exact) mass is 271 g/mol. The molecule has 0 saturated carbocycles. The summed E-state index contributed by atoms with van der Waals surface area (Å²) in [6.45, 7) is 0. The first-order valence-corrected chi connectivity index (χ1v) is 5.88. The van der Waals surface area contributed by atoms with Gasteiger partial charge in [-0.25, -0.2) is 4.79 Å². The molecule has 2 amide bonds. The second-order valence-electron chi connectivity index (χ2n) is 4.52. The molecule has 2 saturated heterocycles. The smallest absolute Gasteiger partial charge is 0.326 e. The summed E-state index contributed by atoms with van der Waals surface area (Å²) in [5.74, 6) is -3.93. The highest BCUT2D eigenvalue weighted by molar-refractivity contribution is 6.05. The van der Waals surface area contributed by atoms with Gasteiger partial charge in [-0.05, 0) is 19.3 Å². The zero-order valence-electron chi connectivity index (χ0n) is 9.94. The van der Waals surface area contributed by atoms with E-state index in [2.05, 4.69) is 0 Å². The SMILES string of the molecule is O=C(O)CCC(C(=O)O)N1C(=O)C2CCC(O2)C1=O. The number of fused-ring (bicyclic) bond motifs is 2. The van der Waals surface area contributed by atoms with Crippen LogP contribution >= 0.6 is 0 Å². The van der Waals surface area contributed by atoms with Gasteiger partial charge in [0.05, 0.1) is 0 Å². The number of hydrogen-bond acceptors (Lipinski definition) is 5. The van der Waals surface area contributed by atoms with Crippen LogP contribution in [-0.2, 0) is 23.9 Å². The lowest BCUT2D eigenvalue weighted by molar-refractivity contribution is -0.176. The molecule has 3 unspecified atom stereocenters. The number of likely N-dealkylation sites (tertiary alicyclic amines) is 1. The molecule has 0 aromatic heterocycles. The topological polar surface area (TPSA) is 121 Å². The van der Waals surface area contributed by atoms with Crippen LogP contribution in [0.2, 0.25) is 0 Å². The molecule has 3 atom stereocenters. The van der Waals surface area contributed by atoms with Crippen LogP contribution in [0, 0.1) is 0 Å². The van der Waals surface area contributed by atoms with Gasteiger partial charge >= 0.3 is 11.9 Å². The number of carbonyl (C=O) groups excluding carboxylic acids is 2. The number of aliphatic carboxylic acids is 2. The van der Waals surface area contributed by atoms with Crippen molar-refractivity contribution in [1.29, 1.82) is 0 Å². The van der Waals surface area contributed by atoms with Gasteiger partial charge in [-0.15, -0.1) is 0 Å². The third-order valence-electron chi connectivity index (χ3n) is 3.27. The van der Waals surface area contributed by atoms with E-state index < -0.39 is 48.4 Å². The molecule has 2 fully saturated rings. The molecule has 0 aromatic carbocycles. The summed E-state index contributed by atoms with van der Waals surface area (Å²) < 4.78 is 5.16. The Labute approximate surface area is 107 Å². The highest BCUT2D eigenvalue weighted by Crippen LogP contribution is 2.30. The molecule has 2 rings (SSSR count). The van der Waals surface area contributed by atoms with E-state index in [1.807, 2.05) is 0 Å². The number of carbonyl (C=O) groups is 4. The van der Waals surface area contributed by atoms with Crippen LogP contribution in [-0.4, -0.2) is 57.1 Å². The molecular formula is C11H13NO7. The van der Waals surface area contributed by atoms with Crippen LogP contribution in [0.15, 0.2) is 0 Å². The lowest BCUT2D eigenvalue weighted by atomic mass is 10.1. The van der Waals surface area contributed by atoms with Gasteiger partial charge in [0.1, 0.15) is 18.2 Å². The molecule has 0 spiro atoms. The Bertz CT molecular complexity index is 424. The Morgan fingerprint density at radius 2 is 1.74 bits per heavy atom. The number of ether oxygens (including phenoxy) is 1. The fourth-order valence-electron chi connectivity index (χ4n) is 2.35. The number of hydrogen-bond donors (Lipinski definition) is 2. The summed E-state index contributed by atoms with van der Waals surface area (Å²) in [6.07, 6.45) is -1.52. The van der Waals surface area contributed by atoms with Crippen LogP contribution in [0.1, 0.15) is 25.7 Å². The fraction of sp³-hybridized carbons (Fsp3) is 0.636. The summed E-state index contributed by atoms with van der Waals surface area (Å²) in [7, 11) is 0. The van der Waals surface area contributed by atoms with Crippen molar-refractivity contribution in [3.63, 3.8) is 0 Å². The lowest BCUT2D eigenvalue weighted by Gasteiger charge is -2.33. The zero-order chi connectivity index (χ0) is 14.2. The Balaban J connectivity index is 2.20. The second kappa shape index (κ2) is 4.96. The van der Waals surface area contributed by atoms with E-state index in [4.69, 9.17) is 14.9 Å². The largest absolute Gasteiger partial charge is 0.481 e. The Morgan fingerprint density at radius 1 is 1.21 bits per heavy atom. The number of imide groups is 1. The summed E-state index contributed by atoms with van der Waals surface area (Å²) >= 11 is 0. The molecule has 0 radical (unpaired) electrons. The van der Waals surface area contributed by atoms with Gasteiger partial charge < -0.3 is 14.9 Å².